The first kappa shape index (κ1) is 10.2. The maximum Gasteiger partial charge on any atom is 0.120 e. The molecule has 0 radical (unpaired) electrons. The molecule has 14 heavy (non-hydrogen) atoms. The van der Waals surface area contributed by atoms with Gasteiger partial charge in [-0.25, -0.2) is 0 Å². The molecule has 2 heteroatoms. The summed E-state index contributed by atoms with van der Waals surface area (Å²) in [4.78, 5) is 10.7. The van der Waals surface area contributed by atoms with Crippen LogP contribution in [0.4, 0.5) is 0 Å². The van der Waals surface area contributed by atoms with E-state index in [1.165, 1.54) is 19.3 Å². The molecule has 2 nitrogen and oxygen atoms in total. The highest BCUT2D eigenvalue weighted by Gasteiger charge is 2.73. The van der Waals surface area contributed by atoms with Gasteiger partial charge in [-0.2, -0.15) is 0 Å². The Morgan fingerprint density at radius 2 is 2.14 bits per heavy atom. The topological polar surface area (TPSA) is 29.1 Å². The molecule has 2 aliphatic carbocycles. The van der Waals surface area contributed by atoms with Crippen molar-refractivity contribution in [2.45, 2.75) is 45.1 Å². The van der Waals surface area contributed by atoms with E-state index in [1.54, 1.807) is 0 Å². The van der Waals surface area contributed by atoms with Gasteiger partial charge in [-0.15, -0.1) is 0 Å². The quantitative estimate of drug-likeness (QED) is 0.680. The Balaban J connectivity index is 2.18. The summed E-state index contributed by atoms with van der Waals surface area (Å²) in [5.41, 5.74) is 0.617. The van der Waals surface area contributed by atoms with Gasteiger partial charge in [0.2, 0.25) is 0 Å². The molecular formula is C12H21NO. The SMILES string of the molecule is CCC1C(C)C1(NC)C1(CC=O)CC1. The fraction of sp³-hybridized carbons (Fsp3) is 0.917. The maximum atomic E-state index is 10.7. The standard InChI is InChI=1S/C12H21NO/c1-4-10-9(2)12(10,13-3)11(5-6-11)7-8-14/h8-10,13H,4-7H2,1-3H3. The van der Waals surface area contributed by atoms with E-state index in [0.717, 1.165) is 24.5 Å². The van der Waals surface area contributed by atoms with Gasteiger partial charge >= 0.3 is 0 Å². The summed E-state index contributed by atoms with van der Waals surface area (Å²) in [7, 11) is 2.07. The van der Waals surface area contributed by atoms with E-state index in [1.807, 2.05) is 0 Å². The van der Waals surface area contributed by atoms with Crippen molar-refractivity contribution >= 4 is 6.29 Å². The highest BCUT2D eigenvalue weighted by molar-refractivity contribution is 5.54. The molecular weight excluding hydrogens is 174 g/mol. The van der Waals surface area contributed by atoms with Crippen LogP contribution in [-0.2, 0) is 4.79 Å². The molecule has 2 rings (SSSR count). The monoisotopic (exact) mass is 195 g/mol. The number of aldehydes is 1. The molecule has 0 spiro atoms. The second-order valence-corrected chi connectivity index (χ2v) is 5.07. The summed E-state index contributed by atoms with van der Waals surface area (Å²) in [6.45, 7) is 4.59. The van der Waals surface area contributed by atoms with E-state index in [4.69, 9.17) is 0 Å². The van der Waals surface area contributed by atoms with Crippen LogP contribution in [0, 0.1) is 17.3 Å². The lowest BCUT2D eigenvalue weighted by molar-refractivity contribution is -0.109. The van der Waals surface area contributed by atoms with E-state index in [9.17, 15) is 4.79 Å². The summed E-state index contributed by atoms with van der Waals surface area (Å²) < 4.78 is 0. The van der Waals surface area contributed by atoms with Crippen LogP contribution in [0.15, 0.2) is 0 Å². The van der Waals surface area contributed by atoms with Gasteiger partial charge in [0.1, 0.15) is 6.29 Å². The second-order valence-electron chi connectivity index (χ2n) is 5.07. The Morgan fingerprint density at radius 1 is 1.50 bits per heavy atom. The van der Waals surface area contributed by atoms with E-state index < -0.39 is 0 Å². The molecule has 2 fully saturated rings. The minimum absolute atomic E-state index is 0.294. The molecule has 0 saturated heterocycles. The molecule has 0 aliphatic heterocycles. The van der Waals surface area contributed by atoms with Crippen LogP contribution in [0.25, 0.3) is 0 Å². The second kappa shape index (κ2) is 3.06. The molecule has 1 N–H and O–H groups in total. The lowest BCUT2D eigenvalue weighted by Crippen LogP contribution is -2.41. The molecule has 0 amide bonds. The predicted molar refractivity (Wildman–Crippen MR) is 57.1 cm³/mol. The van der Waals surface area contributed by atoms with Crippen LogP contribution >= 0.6 is 0 Å². The van der Waals surface area contributed by atoms with Gasteiger partial charge in [0.05, 0.1) is 0 Å². The molecule has 2 aliphatic rings. The minimum atomic E-state index is 0.294. The normalized spacial score (nSPS) is 43.4. The lowest BCUT2D eigenvalue weighted by Gasteiger charge is -2.27. The van der Waals surface area contributed by atoms with Gasteiger partial charge in [0.25, 0.3) is 0 Å². The van der Waals surface area contributed by atoms with Crippen LogP contribution in [0.2, 0.25) is 0 Å². The summed E-state index contributed by atoms with van der Waals surface area (Å²) in [5, 5.41) is 3.53. The lowest BCUT2D eigenvalue weighted by atomic mass is 9.87. The largest absolute Gasteiger partial charge is 0.313 e. The van der Waals surface area contributed by atoms with Crippen molar-refractivity contribution in [3.8, 4) is 0 Å². The van der Waals surface area contributed by atoms with E-state index in [2.05, 4.69) is 26.2 Å². The van der Waals surface area contributed by atoms with Crippen molar-refractivity contribution in [2.75, 3.05) is 7.05 Å². The van der Waals surface area contributed by atoms with Crippen molar-refractivity contribution in [1.82, 2.24) is 5.32 Å². The van der Waals surface area contributed by atoms with Gasteiger partial charge in [-0.05, 0) is 37.1 Å². The Bertz CT molecular complexity index is 247. The maximum absolute atomic E-state index is 10.7. The van der Waals surface area contributed by atoms with Gasteiger partial charge in [0, 0.05) is 12.0 Å². The number of carbonyl (C=O) groups is 1. The van der Waals surface area contributed by atoms with E-state index in [0.29, 0.717) is 11.0 Å². The zero-order valence-electron chi connectivity index (χ0n) is 9.47. The van der Waals surface area contributed by atoms with Crippen LogP contribution in [0.1, 0.15) is 39.5 Å². The molecule has 0 aromatic heterocycles. The van der Waals surface area contributed by atoms with Crippen molar-refractivity contribution in [3.05, 3.63) is 0 Å². The third-order valence-electron chi connectivity index (χ3n) is 4.86. The Kier molecular flexibility index (Phi) is 2.22. The summed E-state index contributed by atoms with van der Waals surface area (Å²) in [6, 6.07) is 0. The molecule has 0 aromatic rings. The Morgan fingerprint density at radius 3 is 2.43 bits per heavy atom. The highest BCUT2D eigenvalue weighted by Crippen LogP contribution is 2.71. The molecule has 3 unspecified atom stereocenters. The Hall–Kier alpha value is -0.370. The summed E-state index contributed by atoms with van der Waals surface area (Å²) >= 11 is 0. The molecule has 0 aromatic carbocycles. The molecule has 0 bridgehead atoms. The first-order chi connectivity index (χ1) is 6.68. The number of carbonyl (C=O) groups excluding carboxylic acids is 1. The number of rotatable bonds is 5. The number of hydrogen-bond acceptors (Lipinski definition) is 2. The Labute approximate surface area is 86.5 Å². The molecule has 3 atom stereocenters. The number of hydrogen-bond donors (Lipinski definition) is 1. The van der Waals surface area contributed by atoms with Crippen LogP contribution in [0.5, 0.6) is 0 Å². The third-order valence-corrected chi connectivity index (χ3v) is 4.86. The fourth-order valence-corrected chi connectivity index (χ4v) is 3.98. The van der Waals surface area contributed by atoms with Crippen LogP contribution in [-0.4, -0.2) is 18.9 Å². The average molecular weight is 195 g/mol. The minimum Gasteiger partial charge on any atom is -0.313 e. The van der Waals surface area contributed by atoms with Crippen molar-refractivity contribution < 1.29 is 4.79 Å². The van der Waals surface area contributed by atoms with E-state index >= 15 is 0 Å². The van der Waals surface area contributed by atoms with Crippen molar-refractivity contribution in [2.24, 2.45) is 17.3 Å². The van der Waals surface area contributed by atoms with Crippen LogP contribution < -0.4 is 5.32 Å². The zero-order chi connectivity index (χ0) is 10.4. The molecule has 0 heterocycles. The smallest absolute Gasteiger partial charge is 0.120 e. The first-order valence-electron chi connectivity index (χ1n) is 5.81. The van der Waals surface area contributed by atoms with Gasteiger partial charge < -0.3 is 10.1 Å². The zero-order valence-corrected chi connectivity index (χ0v) is 9.47. The molecule has 80 valence electrons. The van der Waals surface area contributed by atoms with Gasteiger partial charge in [-0.3, -0.25) is 0 Å². The van der Waals surface area contributed by atoms with Crippen molar-refractivity contribution in [3.63, 3.8) is 0 Å². The third kappa shape index (κ3) is 0.979. The predicted octanol–water partition coefficient (Wildman–Crippen LogP) is 1.99. The summed E-state index contributed by atoms with van der Waals surface area (Å²) in [6.07, 6.45) is 5.60. The van der Waals surface area contributed by atoms with E-state index in [-0.39, 0.29) is 0 Å². The first-order valence-corrected chi connectivity index (χ1v) is 5.81. The van der Waals surface area contributed by atoms with Gasteiger partial charge in [0.15, 0.2) is 0 Å². The highest BCUT2D eigenvalue weighted by atomic mass is 16.1. The van der Waals surface area contributed by atoms with Gasteiger partial charge in [-0.1, -0.05) is 20.3 Å². The van der Waals surface area contributed by atoms with Crippen LogP contribution in [0.3, 0.4) is 0 Å². The average Bonchev–Trinajstić information content (AvgIpc) is 3.04. The fourth-order valence-electron chi connectivity index (χ4n) is 3.98. The number of nitrogens with one attached hydrogen (secondary N) is 1. The summed E-state index contributed by atoms with van der Waals surface area (Å²) in [5.74, 6) is 1.54. The van der Waals surface area contributed by atoms with Crippen molar-refractivity contribution in [1.29, 1.82) is 0 Å². The molecule has 2 saturated carbocycles.